The molecule has 0 aromatic heterocycles. The Morgan fingerprint density at radius 3 is 2.73 bits per heavy atom. The van der Waals surface area contributed by atoms with E-state index in [0.29, 0.717) is 6.04 Å². The Labute approximate surface area is 160 Å². The number of benzene rings is 2. The molecule has 0 saturated carbocycles. The Morgan fingerprint density at radius 1 is 1.23 bits per heavy atom. The summed E-state index contributed by atoms with van der Waals surface area (Å²) in [7, 11) is 1.38. The number of nitrogens with zero attached hydrogens (tertiary/aromatic N) is 1. The van der Waals surface area contributed by atoms with Crippen LogP contribution in [-0.4, -0.2) is 31.1 Å². The Morgan fingerprint density at radius 2 is 2.00 bits per heavy atom. The van der Waals surface area contributed by atoms with Gasteiger partial charge in [0, 0.05) is 23.7 Å². The van der Waals surface area contributed by atoms with Gasteiger partial charge in [0.2, 0.25) is 0 Å². The summed E-state index contributed by atoms with van der Waals surface area (Å²) in [6.45, 7) is 2.14. The number of carbonyl (C=O) groups excluding carboxylic acids is 1. The van der Waals surface area contributed by atoms with Gasteiger partial charge in [-0.3, -0.25) is 4.90 Å². The molecule has 1 heterocycles. The molecule has 136 valence electrons. The highest BCUT2D eigenvalue weighted by molar-refractivity contribution is 6.31. The van der Waals surface area contributed by atoms with Gasteiger partial charge < -0.3 is 4.74 Å². The number of methoxy groups -OCH3 is 1. The van der Waals surface area contributed by atoms with Crippen LogP contribution in [0.25, 0.3) is 6.08 Å². The summed E-state index contributed by atoms with van der Waals surface area (Å²) >= 11 is 6.29. The molecule has 0 bridgehead atoms. The molecule has 3 nitrogen and oxygen atoms in total. The lowest BCUT2D eigenvalue weighted by Gasteiger charge is -2.25. The predicted molar refractivity (Wildman–Crippen MR) is 106 cm³/mol. The van der Waals surface area contributed by atoms with E-state index in [1.807, 2.05) is 18.2 Å². The van der Waals surface area contributed by atoms with Gasteiger partial charge in [0.15, 0.2) is 0 Å². The zero-order valence-electron chi connectivity index (χ0n) is 15.0. The number of hydrogen-bond acceptors (Lipinski definition) is 3. The lowest BCUT2D eigenvalue weighted by Crippen LogP contribution is -2.25. The van der Waals surface area contributed by atoms with Crippen molar-refractivity contribution in [2.45, 2.75) is 25.3 Å². The van der Waals surface area contributed by atoms with E-state index in [4.69, 9.17) is 11.6 Å². The molecule has 1 saturated heterocycles. The summed E-state index contributed by atoms with van der Waals surface area (Å²) in [5.74, 6) is -0.337. The van der Waals surface area contributed by atoms with Crippen molar-refractivity contribution < 1.29 is 9.53 Å². The molecule has 1 aliphatic rings. The van der Waals surface area contributed by atoms with Crippen molar-refractivity contribution in [2.24, 2.45) is 0 Å². The lowest BCUT2D eigenvalue weighted by molar-refractivity contribution is -0.134. The lowest BCUT2D eigenvalue weighted by atomic mass is 10.0. The summed E-state index contributed by atoms with van der Waals surface area (Å²) in [5.41, 5.74) is 3.54. The maximum atomic E-state index is 11.2. The van der Waals surface area contributed by atoms with Crippen LogP contribution in [0, 0.1) is 0 Å². The molecule has 0 spiro atoms. The van der Waals surface area contributed by atoms with Gasteiger partial charge >= 0.3 is 5.97 Å². The van der Waals surface area contributed by atoms with E-state index in [9.17, 15) is 4.79 Å². The molecule has 3 rings (SSSR count). The van der Waals surface area contributed by atoms with Crippen LogP contribution in [0.4, 0.5) is 0 Å². The van der Waals surface area contributed by atoms with Crippen molar-refractivity contribution in [2.75, 3.05) is 20.2 Å². The Kier molecular flexibility index (Phi) is 6.48. The van der Waals surface area contributed by atoms with Crippen LogP contribution < -0.4 is 0 Å². The average molecular weight is 370 g/mol. The van der Waals surface area contributed by atoms with Gasteiger partial charge in [-0.05, 0) is 54.6 Å². The van der Waals surface area contributed by atoms with Crippen LogP contribution in [0.5, 0.6) is 0 Å². The largest absolute Gasteiger partial charge is 0.466 e. The highest BCUT2D eigenvalue weighted by Crippen LogP contribution is 2.32. The first-order valence-corrected chi connectivity index (χ1v) is 9.38. The number of halogens is 1. The molecular weight excluding hydrogens is 346 g/mol. The molecule has 1 fully saturated rings. The smallest absolute Gasteiger partial charge is 0.330 e. The van der Waals surface area contributed by atoms with E-state index in [0.717, 1.165) is 30.1 Å². The molecule has 0 amide bonds. The molecule has 2 aromatic carbocycles. The number of carbonyl (C=O) groups is 1. The summed E-state index contributed by atoms with van der Waals surface area (Å²) in [6.07, 6.45) is 6.59. The van der Waals surface area contributed by atoms with Crippen molar-refractivity contribution in [1.29, 1.82) is 0 Å². The number of esters is 1. The van der Waals surface area contributed by atoms with Crippen LogP contribution in [0.3, 0.4) is 0 Å². The first-order valence-electron chi connectivity index (χ1n) is 9.01. The Bertz CT molecular complexity index is 770. The minimum absolute atomic E-state index is 0.337. The first kappa shape index (κ1) is 18.7. The van der Waals surface area contributed by atoms with E-state index < -0.39 is 0 Å². The summed E-state index contributed by atoms with van der Waals surface area (Å²) in [6, 6.07) is 17.0. The highest BCUT2D eigenvalue weighted by Gasteiger charge is 2.25. The van der Waals surface area contributed by atoms with Gasteiger partial charge in [0.25, 0.3) is 0 Å². The SMILES string of the molecule is COC(=O)/C=C/c1ccc(C2CCCN2CCc2ccccc2Cl)cc1. The molecule has 0 aliphatic carbocycles. The van der Waals surface area contributed by atoms with E-state index in [-0.39, 0.29) is 5.97 Å². The van der Waals surface area contributed by atoms with Crippen LogP contribution in [0.1, 0.15) is 35.6 Å². The van der Waals surface area contributed by atoms with E-state index in [1.54, 1.807) is 6.08 Å². The van der Waals surface area contributed by atoms with E-state index in [2.05, 4.69) is 40.0 Å². The molecule has 2 aromatic rings. The van der Waals surface area contributed by atoms with Gasteiger partial charge in [0.1, 0.15) is 0 Å². The topological polar surface area (TPSA) is 29.5 Å². The van der Waals surface area contributed by atoms with Crippen molar-refractivity contribution in [3.05, 3.63) is 76.3 Å². The second-order valence-corrected chi connectivity index (χ2v) is 6.97. The van der Waals surface area contributed by atoms with Gasteiger partial charge in [-0.1, -0.05) is 54.1 Å². The fourth-order valence-corrected chi connectivity index (χ4v) is 3.73. The van der Waals surface area contributed by atoms with Crippen LogP contribution >= 0.6 is 11.6 Å². The van der Waals surface area contributed by atoms with Gasteiger partial charge in [-0.2, -0.15) is 0 Å². The molecular formula is C22H24ClNO2. The average Bonchev–Trinajstić information content (AvgIpc) is 3.14. The third-order valence-electron chi connectivity index (χ3n) is 4.92. The van der Waals surface area contributed by atoms with Crippen LogP contribution in [0.2, 0.25) is 5.02 Å². The second kappa shape index (κ2) is 9.02. The number of ether oxygens (including phenoxy) is 1. The van der Waals surface area contributed by atoms with Gasteiger partial charge in [-0.25, -0.2) is 4.79 Å². The molecule has 1 unspecified atom stereocenters. The minimum atomic E-state index is -0.337. The first-order chi connectivity index (χ1) is 12.7. The van der Waals surface area contributed by atoms with Gasteiger partial charge in [0.05, 0.1) is 7.11 Å². The zero-order valence-corrected chi connectivity index (χ0v) is 15.8. The maximum absolute atomic E-state index is 11.2. The van der Waals surface area contributed by atoms with Crippen molar-refractivity contribution in [1.82, 2.24) is 4.90 Å². The molecule has 26 heavy (non-hydrogen) atoms. The molecule has 4 heteroatoms. The van der Waals surface area contributed by atoms with E-state index in [1.165, 1.54) is 37.2 Å². The van der Waals surface area contributed by atoms with Gasteiger partial charge in [-0.15, -0.1) is 0 Å². The van der Waals surface area contributed by atoms with Crippen LogP contribution in [-0.2, 0) is 16.0 Å². The van der Waals surface area contributed by atoms with Crippen molar-refractivity contribution >= 4 is 23.6 Å². The number of hydrogen-bond donors (Lipinski definition) is 0. The van der Waals surface area contributed by atoms with Crippen molar-refractivity contribution in [3.63, 3.8) is 0 Å². The van der Waals surface area contributed by atoms with Crippen LogP contribution in [0.15, 0.2) is 54.6 Å². The fraction of sp³-hybridized carbons (Fsp3) is 0.318. The molecule has 1 atom stereocenters. The summed E-state index contributed by atoms with van der Waals surface area (Å²) in [5, 5.41) is 0.852. The summed E-state index contributed by atoms with van der Waals surface area (Å²) in [4.78, 5) is 13.7. The molecule has 0 N–H and O–H groups in total. The van der Waals surface area contributed by atoms with Crippen molar-refractivity contribution in [3.8, 4) is 0 Å². The third kappa shape index (κ3) is 4.75. The predicted octanol–water partition coefficient (Wildman–Crippen LogP) is 4.91. The second-order valence-electron chi connectivity index (χ2n) is 6.56. The third-order valence-corrected chi connectivity index (χ3v) is 5.29. The molecule has 1 aliphatic heterocycles. The Balaban J connectivity index is 1.63. The van der Waals surface area contributed by atoms with E-state index >= 15 is 0 Å². The highest BCUT2D eigenvalue weighted by atomic mass is 35.5. The minimum Gasteiger partial charge on any atom is -0.466 e. The summed E-state index contributed by atoms with van der Waals surface area (Å²) < 4.78 is 4.62. The zero-order chi connectivity index (χ0) is 18.4. The monoisotopic (exact) mass is 369 g/mol. The maximum Gasteiger partial charge on any atom is 0.330 e. The fourth-order valence-electron chi connectivity index (χ4n) is 3.50. The number of likely N-dealkylation sites (tertiary alicyclic amines) is 1. The normalized spacial score (nSPS) is 17.7. The number of rotatable bonds is 6. The molecule has 0 radical (unpaired) electrons. The standard InChI is InChI=1S/C22H24ClNO2/c1-26-22(25)13-10-17-8-11-19(12-9-17)21-7-4-15-24(21)16-14-18-5-2-3-6-20(18)23/h2-3,5-6,8-13,21H,4,7,14-16H2,1H3/b13-10+. The Hall–Kier alpha value is -2.10. The quantitative estimate of drug-likeness (QED) is 0.535.